The molecule has 1 saturated heterocycles. The van der Waals surface area contributed by atoms with Gasteiger partial charge < -0.3 is 14.8 Å². The van der Waals surface area contributed by atoms with Gasteiger partial charge in [-0.15, -0.1) is 0 Å². The Morgan fingerprint density at radius 1 is 1.10 bits per heavy atom. The van der Waals surface area contributed by atoms with Crippen molar-refractivity contribution in [3.63, 3.8) is 0 Å². The summed E-state index contributed by atoms with van der Waals surface area (Å²) in [6.07, 6.45) is 1.74. The zero-order valence-electron chi connectivity index (χ0n) is 12.6. The van der Waals surface area contributed by atoms with Crippen molar-refractivity contribution >= 4 is 11.5 Å². The molecule has 0 unspecified atom stereocenters. The Bertz CT molecular complexity index is 541. The molecule has 1 aromatic rings. The van der Waals surface area contributed by atoms with Crippen LogP contribution in [0.25, 0.3) is 0 Å². The van der Waals surface area contributed by atoms with Crippen molar-refractivity contribution in [1.82, 2.24) is 0 Å². The van der Waals surface area contributed by atoms with Gasteiger partial charge >= 0.3 is 0 Å². The monoisotopic (exact) mass is 275 g/mol. The Morgan fingerprint density at radius 2 is 1.70 bits per heavy atom. The van der Waals surface area contributed by atoms with Gasteiger partial charge in [-0.25, -0.2) is 0 Å². The molecule has 0 aliphatic carbocycles. The molecule has 1 aromatic carbocycles. The lowest BCUT2D eigenvalue weighted by Crippen LogP contribution is -2.29. The van der Waals surface area contributed by atoms with Crippen LogP contribution in [0.3, 0.4) is 0 Å². The summed E-state index contributed by atoms with van der Waals surface area (Å²) >= 11 is 0. The summed E-state index contributed by atoms with van der Waals surface area (Å²) in [6, 6.07) is 7.52. The molecule has 0 saturated carbocycles. The van der Waals surface area contributed by atoms with Crippen LogP contribution < -0.4 is 10.1 Å². The van der Waals surface area contributed by atoms with E-state index < -0.39 is 11.2 Å². The van der Waals surface area contributed by atoms with E-state index in [-0.39, 0.29) is 5.78 Å². The van der Waals surface area contributed by atoms with E-state index in [9.17, 15) is 4.79 Å². The highest BCUT2D eigenvalue weighted by Gasteiger charge is 2.49. The molecule has 0 bridgehead atoms. The van der Waals surface area contributed by atoms with Crippen molar-refractivity contribution in [2.75, 3.05) is 12.4 Å². The number of carbonyl (C=O) groups is 1. The van der Waals surface area contributed by atoms with Crippen LogP contribution in [0.4, 0.5) is 5.69 Å². The van der Waals surface area contributed by atoms with Crippen LogP contribution >= 0.6 is 0 Å². The molecule has 0 amide bonds. The highest BCUT2D eigenvalue weighted by molar-refractivity contribution is 6.05. The number of rotatable bonds is 3. The third kappa shape index (κ3) is 2.70. The minimum absolute atomic E-state index is 0.0171. The van der Waals surface area contributed by atoms with E-state index in [0.29, 0.717) is 5.57 Å². The molecule has 0 aromatic heterocycles. The number of hydrogen-bond donors (Lipinski definition) is 1. The molecule has 0 atom stereocenters. The van der Waals surface area contributed by atoms with E-state index in [1.54, 1.807) is 27.2 Å². The molecule has 1 heterocycles. The third-order valence-corrected chi connectivity index (χ3v) is 3.42. The van der Waals surface area contributed by atoms with Gasteiger partial charge in [-0.1, -0.05) is 0 Å². The van der Waals surface area contributed by atoms with Crippen molar-refractivity contribution in [1.29, 1.82) is 0 Å². The van der Waals surface area contributed by atoms with E-state index in [0.717, 1.165) is 11.4 Å². The topological polar surface area (TPSA) is 47.6 Å². The first-order valence-corrected chi connectivity index (χ1v) is 6.62. The third-order valence-electron chi connectivity index (χ3n) is 3.42. The minimum atomic E-state index is -0.767. The van der Waals surface area contributed by atoms with Gasteiger partial charge in [0.05, 0.1) is 12.7 Å². The normalized spacial score (nSPS) is 22.1. The Balaban J connectivity index is 2.20. The highest BCUT2D eigenvalue weighted by atomic mass is 16.5. The Kier molecular flexibility index (Phi) is 3.61. The van der Waals surface area contributed by atoms with Crippen LogP contribution in [0.5, 0.6) is 5.75 Å². The summed E-state index contributed by atoms with van der Waals surface area (Å²) in [7, 11) is 1.63. The van der Waals surface area contributed by atoms with Gasteiger partial charge in [-0.05, 0) is 52.0 Å². The van der Waals surface area contributed by atoms with Gasteiger partial charge in [-0.3, -0.25) is 4.79 Å². The average Bonchev–Trinajstić information content (AvgIpc) is 2.53. The summed E-state index contributed by atoms with van der Waals surface area (Å²) in [4.78, 5) is 12.3. The summed E-state index contributed by atoms with van der Waals surface area (Å²) < 4.78 is 10.9. The molecule has 0 radical (unpaired) electrons. The van der Waals surface area contributed by atoms with Crippen molar-refractivity contribution in [2.45, 2.75) is 38.9 Å². The number of anilines is 1. The number of benzene rings is 1. The lowest BCUT2D eigenvalue weighted by atomic mass is 9.93. The standard InChI is InChI=1S/C16H21NO3/c1-15(2)13(14(18)16(3,4)20-15)10-17-11-6-8-12(19-5)9-7-11/h6-10,17H,1-5H3/b13-10-. The fraction of sp³-hybridized carbons (Fsp3) is 0.438. The van der Waals surface area contributed by atoms with Crippen molar-refractivity contribution in [3.05, 3.63) is 36.0 Å². The largest absolute Gasteiger partial charge is 0.497 e. The molecule has 1 fully saturated rings. The highest BCUT2D eigenvalue weighted by Crippen LogP contribution is 2.38. The maximum Gasteiger partial charge on any atom is 0.194 e. The molecular weight excluding hydrogens is 254 g/mol. The van der Waals surface area contributed by atoms with Crippen molar-refractivity contribution in [2.24, 2.45) is 0 Å². The second-order valence-electron chi connectivity index (χ2n) is 5.88. The predicted molar refractivity (Wildman–Crippen MR) is 78.9 cm³/mol. The van der Waals surface area contributed by atoms with E-state index in [1.807, 2.05) is 38.1 Å². The van der Waals surface area contributed by atoms with Gasteiger partial charge in [0.2, 0.25) is 0 Å². The first kappa shape index (κ1) is 14.6. The molecular formula is C16H21NO3. The van der Waals surface area contributed by atoms with Crippen LogP contribution in [0.2, 0.25) is 0 Å². The molecule has 2 rings (SSSR count). The number of carbonyl (C=O) groups excluding carboxylic acids is 1. The maximum absolute atomic E-state index is 12.3. The Labute approximate surface area is 119 Å². The Morgan fingerprint density at radius 3 is 2.15 bits per heavy atom. The van der Waals surface area contributed by atoms with Crippen molar-refractivity contribution in [3.8, 4) is 5.75 Å². The fourth-order valence-electron chi connectivity index (χ4n) is 2.42. The number of hydrogen-bond acceptors (Lipinski definition) is 4. The van der Waals surface area contributed by atoms with Crippen molar-refractivity contribution < 1.29 is 14.3 Å². The van der Waals surface area contributed by atoms with E-state index in [4.69, 9.17) is 9.47 Å². The quantitative estimate of drug-likeness (QED) is 0.861. The van der Waals surface area contributed by atoms with E-state index in [1.165, 1.54) is 0 Å². The SMILES string of the molecule is COc1ccc(N/C=C2/C(=O)C(C)(C)OC2(C)C)cc1. The van der Waals surface area contributed by atoms with Crippen LogP contribution in [0.15, 0.2) is 36.0 Å². The number of ketones is 1. The van der Waals surface area contributed by atoms with Gasteiger partial charge in [0.15, 0.2) is 5.78 Å². The number of ether oxygens (including phenoxy) is 2. The van der Waals surface area contributed by atoms with Crippen LogP contribution in [-0.2, 0) is 9.53 Å². The lowest BCUT2D eigenvalue weighted by molar-refractivity contribution is -0.132. The molecule has 108 valence electrons. The molecule has 20 heavy (non-hydrogen) atoms. The number of nitrogens with one attached hydrogen (secondary N) is 1. The predicted octanol–water partition coefficient (Wildman–Crippen LogP) is 3.15. The average molecular weight is 275 g/mol. The zero-order chi connectivity index (χ0) is 15.0. The molecule has 1 aliphatic rings. The molecule has 4 heteroatoms. The molecule has 1 aliphatic heterocycles. The van der Waals surface area contributed by atoms with Crippen LogP contribution in [0, 0.1) is 0 Å². The lowest BCUT2D eigenvalue weighted by Gasteiger charge is -2.22. The summed E-state index contributed by atoms with van der Waals surface area (Å²) in [6.45, 7) is 7.40. The van der Waals surface area contributed by atoms with Crippen LogP contribution in [-0.4, -0.2) is 24.1 Å². The first-order valence-electron chi connectivity index (χ1n) is 6.62. The Hall–Kier alpha value is -1.81. The molecule has 4 nitrogen and oxygen atoms in total. The van der Waals surface area contributed by atoms with Gasteiger partial charge in [-0.2, -0.15) is 0 Å². The molecule has 1 N–H and O–H groups in total. The number of methoxy groups -OCH3 is 1. The van der Waals surface area contributed by atoms with Gasteiger partial charge in [0.1, 0.15) is 11.4 Å². The molecule has 0 spiro atoms. The second-order valence-corrected chi connectivity index (χ2v) is 5.88. The summed E-state index contributed by atoms with van der Waals surface area (Å²) in [5.41, 5.74) is 0.196. The smallest absolute Gasteiger partial charge is 0.194 e. The number of Topliss-reactive ketones (excluding diaryl/α,β-unsaturated/α-hetero) is 1. The summed E-state index contributed by atoms with van der Waals surface area (Å²) in [5.74, 6) is 0.813. The zero-order valence-corrected chi connectivity index (χ0v) is 12.6. The van der Waals surface area contributed by atoms with E-state index >= 15 is 0 Å². The maximum atomic E-state index is 12.3. The fourth-order valence-corrected chi connectivity index (χ4v) is 2.42. The summed E-state index contributed by atoms with van der Waals surface area (Å²) in [5, 5.41) is 3.14. The minimum Gasteiger partial charge on any atom is -0.497 e. The first-order chi connectivity index (χ1) is 9.26. The van der Waals surface area contributed by atoms with Crippen LogP contribution in [0.1, 0.15) is 27.7 Å². The second kappa shape index (κ2) is 4.94. The van der Waals surface area contributed by atoms with Gasteiger partial charge in [0.25, 0.3) is 0 Å². The van der Waals surface area contributed by atoms with E-state index in [2.05, 4.69) is 5.32 Å². The van der Waals surface area contributed by atoms with Gasteiger partial charge in [0, 0.05) is 17.5 Å².